The minimum atomic E-state index is -0.997. The highest BCUT2D eigenvalue weighted by Crippen LogP contribution is 2.35. The number of carbonyl (C=O) groups is 1. The van der Waals surface area contributed by atoms with Gasteiger partial charge in [0.05, 0.1) is 17.6 Å². The Hall–Kier alpha value is -1.95. The molecule has 1 aromatic rings. The van der Waals surface area contributed by atoms with Crippen molar-refractivity contribution in [1.82, 2.24) is 0 Å². The molecular weight excluding hydrogens is 286 g/mol. The van der Waals surface area contributed by atoms with Crippen LogP contribution in [0.2, 0.25) is 0 Å². The lowest BCUT2D eigenvalue weighted by atomic mass is 9.94. The van der Waals surface area contributed by atoms with Crippen LogP contribution >= 0.6 is 0 Å². The van der Waals surface area contributed by atoms with Gasteiger partial charge in [0.25, 0.3) is 5.69 Å². The van der Waals surface area contributed by atoms with Crippen LogP contribution in [-0.2, 0) is 14.3 Å². The number of hydrogen-bond donors (Lipinski definition) is 0. The second kappa shape index (κ2) is 6.44. The van der Waals surface area contributed by atoms with Gasteiger partial charge in [-0.1, -0.05) is 6.07 Å². The molecule has 6 nitrogen and oxygen atoms in total. The van der Waals surface area contributed by atoms with E-state index < -0.39 is 22.6 Å². The SMILES string of the molecule is COC(=O)[C@@H](OC(C)(C)C)c1cc(C)c(C)c([N+](=O)[O-])c1C. The highest BCUT2D eigenvalue weighted by molar-refractivity contribution is 5.78. The Morgan fingerprint density at radius 1 is 1.23 bits per heavy atom. The fourth-order valence-corrected chi connectivity index (χ4v) is 2.30. The lowest BCUT2D eigenvalue weighted by Crippen LogP contribution is -2.29. The van der Waals surface area contributed by atoms with E-state index in [1.165, 1.54) is 7.11 Å². The van der Waals surface area contributed by atoms with Crippen molar-refractivity contribution in [3.63, 3.8) is 0 Å². The molecule has 0 N–H and O–H groups in total. The summed E-state index contributed by atoms with van der Waals surface area (Å²) in [4.78, 5) is 23.0. The molecule has 0 fully saturated rings. The fraction of sp³-hybridized carbons (Fsp3) is 0.562. The fourth-order valence-electron chi connectivity index (χ4n) is 2.30. The van der Waals surface area contributed by atoms with E-state index in [-0.39, 0.29) is 5.69 Å². The number of nitro groups is 1. The van der Waals surface area contributed by atoms with Gasteiger partial charge in [0, 0.05) is 16.7 Å². The van der Waals surface area contributed by atoms with Gasteiger partial charge in [-0.2, -0.15) is 0 Å². The molecular formula is C16H23NO5. The zero-order valence-corrected chi connectivity index (χ0v) is 14.1. The molecule has 122 valence electrons. The monoisotopic (exact) mass is 309 g/mol. The Bertz CT molecular complexity index is 602. The highest BCUT2D eigenvalue weighted by atomic mass is 16.6. The number of hydrogen-bond acceptors (Lipinski definition) is 5. The first kappa shape index (κ1) is 18.1. The van der Waals surface area contributed by atoms with Crippen LogP contribution in [0.3, 0.4) is 0 Å². The van der Waals surface area contributed by atoms with Gasteiger partial charge in [-0.15, -0.1) is 0 Å². The van der Waals surface area contributed by atoms with Gasteiger partial charge in [-0.05, 0) is 47.1 Å². The molecule has 0 spiro atoms. The number of nitrogens with zero attached hydrogens (tertiary/aromatic N) is 1. The Balaban J connectivity index is 3.55. The zero-order valence-electron chi connectivity index (χ0n) is 14.1. The van der Waals surface area contributed by atoms with Crippen LogP contribution in [-0.4, -0.2) is 23.6 Å². The second-order valence-electron chi connectivity index (χ2n) is 6.27. The number of rotatable bonds is 4. The molecule has 0 aliphatic heterocycles. The van der Waals surface area contributed by atoms with Crippen molar-refractivity contribution >= 4 is 11.7 Å². The number of benzene rings is 1. The average Bonchev–Trinajstić information content (AvgIpc) is 2.38. The van der Waals surface area contributed by atoms with E-state index in [0.717, 1.165) is 5.56 Å². The second-order valence-corrected chi connectivity index (χ2v) is 6.27. The maximum atomic E-state index is 12.1. The summed E-state index contributed by atoms with van der Waals surface area (Å²) in [5.74, 6) is -0.574. The molecule has 0 aliphatic carbocycles. The summed E-state index contributed by atoms with van der Waals surface area (Å²) in [7, 11) is 1.27. The van der Waals surface area contributed by atoms with Crippen molar-refractivity contribution in [2.75, 3.05) is 7.11 Å². The van der Waals surface area contributed by atoms with E-state index in [2.05, 4.69) is 0 Å². The molecule has 22 heavy (non-hydrogen) atoms. The number of esters is 1. The summed E-state index contributed by atoms with van der Waals surface area (Å²) in [5, 5.41) is 11.3. The Kier molecular flexibility index (Phi) is 5.30. The van der Waals surface area contributed by atoms with Crippen molar-refractivity contribution in [3.8, 4) is 0 Å². The van der Waals surface area contributed by atoms with Crippen molar-refractivity contribution in [1.29, 1.82) is 0 Å². The lowest BCUT2D eigenvalue weighted by molar-refractivity contribution is -0.386. The largest absolute Gasteiger partial charge is 0.467 e. The van der Waals surface area contributed by atoms with Crippen LogP contribution in [0.25, 0.3) is 0 Å². The first-order valence-corrected chi connectivity index (χ1v) is 7.00. The molecule has 0 heterocycles. The van der Waals surface area contributed by atoms with Gasteiger partial charge in [0.15, 0.2) is 6.10 Å². The smallest absolute Gasteiger partial charge is 0.339 e. The summed E-state index contributed by atoms with van der Waals surface area (Å²) in [6, 6.07) is 1.75. The molecule has 0 radical (unpaired) electrons. The van der Waals surface area contributed by atoms with Gasteiger partial charge < -0.3 is 9.47 Å². The van der Waals surface area contributed by atoms with Gasteiger partial charge in [-0.3, -0.25) is 10.1 Å². The van der Waals surface area contributed by atoms with E-state index in [4.69, 9.17) is 9.47 Å². The van der Waals surface area contributed by atoms with Gasteiger partial charge in [-0.25, -0.2) is 4.79 Å². The summed E-state index contributed by atoms with van der Waals surface area (Å²) < 4.78 is 10.6. The maximum absolute atomic E-state index is 12.1. The molecule has 0 unspecified atom stereocenters. The predicted octanol–water partition coefficient (Wildman–Crippen LogP) is 3.55. The van der Waals surface area contributed by atoms with Crippen molar-refractivity contribution in [3.05, 3.63) is 38.4 Å². The molecule has 0 saturated carbocycles. The summed E-state index contributed by atoms with van der Waals surface area (Å²) in [6.07, 6.45) is -0.997. The third-order valence-electron chi connectivity index (χ3n) is 3.46. The minimum Gasteiger partial charge on any atom is -0.467 e. The van der Waals surface area contributed by atoms with Crippen LogP contribution < -0.4 is 0 Å². The molecule has 1 rings (SSSR count). The van der Waals surface area contributed by atoms with Gasteiger partial charge in [0.2, 0.25) is 0 Å². The van der Waals surface area contributed by atoms with Gasteiger partial charge >= 0.3 is 5.97 Å². The Morgan fingerprint density at radius 3 is 2.18 bits per heavy atom. The highest BCUT2D eigenvalue weighted by Gasteiger charge is 2.32. The molecule has 0 saturated heterocycles. The standard InChI is InChI=1S/C16H23NO5/c1-9-8-12(11(3)13(10(9)2)17(19)20)14(15(18)21-7)22-16(4,5)6/h8,14H,1-7H3/t14-/m0/s1. The Labute approximate surface area is 130 Å². The number of ether oxygens (including phenoxy) is 2. The van der Waals surface area contributed by atoms with Gasteiger partial charge in [0.1, 0.15) is 0 Å². The summed E-state index contributed by atoms with van der Waals surface area (Å²) >= 11 is 0. The van der Waals surface area contributed by atoms with Crippen molar-refractivity contribution < 1.29 is 19.2 Å². The van der Waals surface area contributed by atoms with Crippen LogP contribution in [0, 0.1) is 30.9 Å². The minimum absolute atomic E-state index is 0.0152. The first-order chi connectivity index (χ1) is 9.99. The molecule has 0 bridgehead atoms. The van der Waals surface area contributed by atoms with Crippen LogP contribution in [0.5, 0.6) is 0 Å². The van der Waals surface area contributed by atoms with E-state index in [9.17, 15) is 14.9 Å². The number of methoxy groups -OCH3 is 1. The first-order valence-electron chi connectivity index (χ1n) is 7.00. The van der Waals surface area contributed by atoms with E-state index >= 15 is 0 Å². The quantitative estimate of drug-likeness (QED) is 0.483. The lowest BCUT2D eigenvalue weighted by Gasteiger charge is -2.27. The van der Waals surface area contributed by atoms with Crippen LogP contribution in [0.15, 0.2) is 6.07 Å². The summed E-state index contributed by atoms with van der Waals surface area (Å²) in [6.45, 7) is 10.5. The molecule has 1 aromatic carbocycles. The van der Waals surface area contributed by atoms with Crippen molar-refractivity contribution in [2.45, 2.75) is 53.2 Å². The molecule has 6 heteroatoms. The topological polar surface area (TPSA) is 78.7 Å². The molecule has 0 amide bonds. The normalized spacial score (nSPS) is 12.9. The predicted molar refractivity (Wildman–Crippen MR) is 82.9 cm³/mol. The summed E-state index contributed by atoms with van der Waals surface area (Å²) in [5.41, 5.74) is 1.63. The number of carbonyl (C=O) groups excluding carboxylic acids is 1. The van der Waals surface area contributed by atoms with Crippen molar-refractivity contribution in [2.24, 2.45) is 0 Å². The zero-order chi connectivity index (χ0) is 17.2. The average molecular weight is 309 g/mol. The Morgan fingerprint density at radius 2 is 1.77 bits per heavy atom. The van der Waals surface area contributed by atoms with E-state index in [0.29, 0.717) is 16.7 Å². The molecule has 0 aliphatic rings. The van der Waals surface area contributed by atoms with Crippen LogP contribution in [0.4, 0.5) is 5.69 Å². The maximum Gasteiger partial charge on any atom is 0.339 e. The molecule has 0 aromatic heterocycles. The molecule has 1 atom stereocenters. The number of aryl methyl sites for hydroxylation is 1. The third-order valence-corrected chi connectivity index (χ3v) is 3.46. The van der Waals surface area contributed by atoms with E-state index in [1.54, 1.807) is 26.8 Å². The van der Waals surface area contributed by atoms with E-state index in [1.807, 2.05) is 20.8 Å². The number of nitro benzene ring substituents is 1. The third kappa shape index (κ3) is 3.82. The van der Waals surface area contributed by atoms with Crippen LogP contribution in [0.1, 0.15) is 49.1 Å².